The first-order valence-electron chi connectivity index (χ1n) is 7.93. The van der Waals surface area contributed by atoms with Gasteiger partial charge in [-0.25, -0.2) is 17.5 Å². The number of hydrogen-bond donors (Lipinski definition) is 0. The van der Waals surface area contributed by atoms with Crippen molar-refractivity contribution in [1.82, 2.24) is 9.29 Å². The molecule has 134 valence electrons. The number of carbonyl (C=O) groups excluding carboxylic acids is 1. The van der Waals surface area contributed by atoms with Gasteiger partial charge in [0.25, 0.3) is 0 Å². The quantitative estimate of drug-likeness (QED) is 0.558. The molecule has 0 aliphatic heterocycles. The third-order valence-electron chi connectivity index (χ3n) is 3.63. The van der Waals surface area contributed by atoms with Crippen molar-refractivity contribution in [3.05, 3.63) is 59.4 Å². The van der Waals surface area contributed by atoms with E-state index < -0.39 is 16.0 Å². The van der Waals surface area contributed by atoms with Gasteiger partial charge in [-0.1, -0.05) is 6.07 Å². The Labute approximate surface area is 148 Å². The lowest BCUT2D eigenvalue weighted by molar-refractivity contribution is 0.0500. The first kappa shape index (κ1) is 19.1. The van der Waals surface area contributed by atoms with Crippen LogP contribution in [-0.2, 0) is 21.2 Å². The fourth-order valence-corrected chi connectivity index (χ4v) is 3.12. The van der Waals surface area contributed by atoms with Crippen LogP contribution in [0.25, 0.3) is 0 Å². The number of benzene rings is 1. The summed E-state index contributed by atoms with van der Waals surface area (Å²) in [5.74, 6) is -0.467. The normalized spacial score (nSPS) is 11.5. The van der Waals surface area contributed by atoms with Crippen LogP contribution in [-0.4, -0.2) is 44.4 Å². The van der Waals surface area contributed by atoms with Crippen molar-refractivity contribution in [3.63, 3.8) is 0 Å². The van der Waals surface area contributed by atoms with E-state index in [1.165, 1.54) is 38.4 Å². The first-order chi connectivity index (χ1) is 11.8. The summed E-state index contributed by atoms with van der Waals surface area (Å²) in [7, 11) is -0.582. The van der Waals surface area contributed by atoms with Crippen LogP contribution in [0.15, 0.2) is 47.4 Å². The highest BCUT2D eigenvalue weighted by Crippen LogP contribution is 2.14. The number of pyridine rings is 1. The van der Waals surface area contributed by atoms with E-state index in [0.717, 1.165) is 22.1 Å². The minimum absolute atomic E-state index is 0.138. The molecule has 1 heterocycles. The Morgan fingerprint density at radius 2 is 1.80 bits per heavy atom. The van der Waals surface area contributed by atoms with E-state index in [0.29, 0.717) is 12.0 Å². The summed E-state index contributed by atoms with van der Waals surface area (Å²) >= 11 is 0. The maximum absolute atomic E-state index is 12.0. The highest BCUT2D eigenvalue weighted by atomic mass is 32.2. The first-order valence-corrected chi connectivity index (χ1v) is 9.37. The number of rotatable bonds is 7. The standard InChI is InChI=1S/C18H22N2O4S/c1-14-6-4-7-16(19-14)8-5-13-24-18(21)15-9-11-17(12-10-15)25(22,23)20(2)3/h4,6-7,9-12H,5,8,13H2,1-3H3. The number of aromatic nitrogens is 1. The van der Waals surface area contributed by atoms with Crippen molar-refractivity contribution < 1.29 is 17.9 Å². The molecule has 1 aromatic heterocycles. The molecule has 0 saturated carbocycles. The minimum Gasteiger partial charge on any atom is -0.462 e. The molecule has 2 rings (SSSR count). The largest absolute Gasteiger partial charge is 0.462 e. The second-order valence-corrected chi connectivity index (χ2v) is 7.97. The fraction of sp³-hybridized carbons (Fsp3) is 0.333. The smallest absolute Gasteiger partial charge is 0.338 e. The molecule has 0 spiro atoms. The van der Waals surface area contributed by atoms with Crippen LogP contribution in [0.5, 0.6) is 0 Å². The summed E-state index contributed by atoms with van der Waals surface area (Å²) in [6.07, 6.45) is 1.41. The van der Waals surface area contributed by atoms with E-state index in [-0.39, 0.29) is 11.5 Å². The molecule has 7 heteroatoms. The van der Waals surface area contributed by atoms with Gasteiger partial charge in [0, 0.05) is 25.5 Å². The van der Waals surface area contributed by atoms with E-state index >= 15 is 0 Å². The molecule has 1 aromatic carbocycles. The molecule has 6 nitrogen and oxygen atoms in total. The van der Waals surface area contributed by atoms with Crippen LogP contribution < -0.4 is 0 Å². The van der Waals surface area contributed by atoms with Crippen molar-refractivity contribution in [1.29, 1.82) is 0 Å². The summed E-state index contributed by atoms with van der Waals surface area (Å²) in [6, 6.07) is 11.6. The van der Waals surface area contributed by atoms with Gasteiger partial charge in [0.1, 0.15) is 0 Å². The molecule has 0 aliphatic rings. The second kappa shape index (κ2) is 8.22. The number of esters is 1. The van der Waals surface area contributed by atoms with Crippen molar-refractivity contribution in [2.75, 3.05) is 20.7 Å². The van der Waals surface area contributed by atoms with Gasteiger partial charge in [-0.15, -0.1) is 0 Å². The average molecular weight is 362 g/mol. The Hall–Kier alpha value is -2.25. The Kier molecular flexibility index (Phi) is 6.27. The van der Waals surface area contributed by atoms with Crippen LogP contribution in [0.1, 0.15) is 28.2 Å². The van der Waals surface area contributed by atoms with Gasteiger partial charge in [0.2, 0.25) is 10.0 Å². The van der Waals surface area contributed by atoms with Gasteiger partial charge in [0.05, 0.1) is 17.1 Å². The number of hydrogen-bond acceptors (Lipinski definition) is 5. The summed E-state index contributed by atoms with van der Waals surface area (Å²) in [5, 5.41) is 0. The van der Waals surface area contributed by atoms with E-state index in [4.69, 9.17) is 4.74 Å². The maximum atomic E-state index is 12.0. The molecule has 0 unspecified atom stereocenters. The van der Waals surface area contributed by atoms with Crippen LogP contribution in [0.2, 0.25) is 0 Å². The van der Waals surface area contributed by atoms with Gasteiger partial charge < -0.3 is 4.74 Å². The molecule has 2 aromatic rings. The zero-order valence-corrected chi connectivity index (χ0v) is 15.4. The Bertz CT molecular complexity index is 830. The Morgan fingerprint density at radius 3 is 2.40 bits per heavy atom. The van der Waals surface area contributed by atoms with Crippen molar-refractivity contribution in [2.45, 2.75) is 24.7 Å². The Morgan fingerprint density at radius 1 is 1.12 bits per heavy atom. The second-order valence-electron chi connectivity index (χ2n) is 5.82. The van der Waals surface area contributed by atoms with E-state index in [1.54, 1.807) is 0 Å². The number of aryl methyl sites for hydroxylation is 2. The van der Waals surface area contributed by atoms with Crippen molar-refractivity contribution in [3.8, 4) is 0 Å². The molecule has 0 saturated heterocycles. The topological polar surface area (TPSA) is 76.6 Å². The van der Waals surface area contributed by atoms with E-state index in [1.807, 2.05) is 25.1 Å². The molecular formula is C18H22N2O4S. The summed E-state index contributed by atoms with van der Waals surface area (Å²) in [5.41, 5.74) is 2.25. The zero-order chi connectivity index (χ0) is 18.4. The van der Waals surface area contributed by atoms with Crippen molar-refractivity contribution in [2.24, 2.45) is 0 Å². The van der Waals surface area contributed by atoms with E-state index in [2.05, 4.69) is 4.98 Å². The highest BCUT2D eigenvalue weighted by Gasteiger charge is 2.17. The van der Waals surface area contributed by atoms with Gasteiger partial charge in [-0.3, -0.25) is 4.98 Å². The zero-order valence-electron chi connectivity index (χ0n) is 14.6. The predicted molar refractivity (Wildman–Crippen MR) is 94.9 cm³/mol. The minimum atomic E-state index is -3.50. The lowest BCUT2D eigenvalue weighted by Crippen LogP contribution is -2.22. The summed E-state index contributed by atoms with van der Waals surface area (Å²) in [6.45, 7) is 2.22. The molecule has 0 atom stereocenters. The number of nitrogens with zero attached hydrogens (tertiary/aromatic N) is 2. The molecular weight excluding hydrogens is 340 g/mol. The van der Waals surface area contributed by atoms with Crippen LogP contribution in [0, 0.1) is 6.92 Å². The third-order valence-corrected chi connectivity index (χ3v) is 5.45. The summed E-state index contributed by atoms with van der Waals surface area (Å²) < 4.78 is 30.3. The lowest BCUT2D eigenvalue weighted by atomic mass is 10.2. The number of carbonyl (C=O) groups is 1. The lowest BCUT2D eigenvalue weighted by Gasteiger charge is -2.11. The molecule has 0 aliphatic carbocycles. The number of ether oxygens (including phenoxy) is 1. The van der Waals surface area contributed by atoms with E-state index in [9.17, 15) is 13.2 Å². The van der Waals surface area contributed by atoms with Crippen LogP contribution in [0.3, 0.4) is 0 Å². The van der Waals surface area contributed by atoms with Crippen LogP contribution >= 0.6 is 0 Å². The van der Waals surface area contributed by atoms with Gasteiger partial charge in [-0.2, -0.15) is 0 Å². The van der Waals surface area contributed by atoms with Crippen LogP contribution in [0.4, 0.5) is 0 Å². The van der Waals surface area contributed by atoms with Gasteiger partial charge >= 0.3 is 5.97 Å². The number of sulfonamides is 1. The highest BCUT2D eigenvalue weighted by molar-refractivity contribution is 7.89. The van der Waals surface area contributed by atoms with Crippen molar-refractivity contribution >= 4 is 16.0 Å². The summed E-state index contributed by atoms with van der Waals surface area (Å²) in [4.78, 5) is 16.5. The van der Waals surface area contributed by atoms with Gasteiger partial charge in [0.15, 0.2) is 0 Å². The fourth-order valence-electron chi connectivity index (χ4n) is 2.21. The maximum Gasteiger partial charge on any atom is 0.338 e. The monoisotopic (exact) mass is 362 g/mol. The molecule has 0 radical (unpaired) electrons. The molecule has 0 fully saturated rings. The van der Waals surface area contributed by atoms with Gasteiger partial charge in [-0.05, 0) is 56.2 Å². The molecule has 0 bridgehead atoms. The predicted octanol–water partition coefficient (Wildman–Crippen LogP) is 2.43. The molecule has 25 heavy (non-hydrogen) atoms. The molecule has 0 amide bonds. The Balaban J connectivity index is 1.87. The third kappa shape index (κ3) is 5.11. The average Bonchev–Trinajstić information content (AvgIpc) is 2.58. The molecule has 0 N–H and O–H groups in total. The SMILES string of the molecule is Cc1cccc(CCCOC(=O)c2ccc(S(=O)(=O)N(C)C)cc2)n1.